The molecule has 0 radical (unpaired) electrons. The quantitative estimate of drug-likeness (QED) is 0.777. The van der Waals surface area contributed by atoms with Crippen LogP contribution in [0.3, 0.4) is 0 Å². The standard InChI is InChI=1S/C13H21NO/c1-4-10(2)11-5-7-12(8-6-11)13(9-15)14-3/h5-8,10,13-15H,4,9H2,1-3H3. The van der Waals surface area contributed by atoms with Gasteiger partial charge in [-0.25, -0.2) is 0 Å². The molecule has 0 aliphatic heterocycles. The monoisotopic (exact) mass is 207 g/mol. The fourth-order valence-electron chi connectivity index (χ4n) is 1.66. The Bertz CT molecular complexity index is 277. The SMILES string of the molecule is CCC(C)c1ccc(C(CO)NC)cc1. The number of rotatable bonds is 5. The average molecular weight is 207 g/mol. The summed E-state index contributed by atoms with van der Waals surface area (Å²) < 4.78 is 0. The minimum Gasteiger partial charge on any atom is -0.394 e. The summed E-state index contributed by atoms with van der Waals surface area (Å²) in [5.41, 5.74) is 2.51. The number of benzene rings is 1. The van der Waals surface area contributed by atoms with E-state index in [0.29, 0.717) is 5.92 Å². The molecule has 2 atom stereocenters. The molecule has 0 heterocycles. The molecule has 0 aliphatic rings. The zero-order chi connectivity index (χ0) is 11.3. The summed E-state index contributed by atoms with van der Waals surface area (Å²) >= 11 is 0. The Morgan fingerprint density at radius 2 is 1.73 bits per heavy atom. The van der Waals surface area contributed by atoms with Crippen LogP contribution >= 0.6 is 0 Å². The van der Waals surface area contributed by atoms with E-state index in [0.717, 1.165) is 12.0 Å². The van der Waals surface area contributed by atoms with Crippen molar-refractivity contribution in [3.63, 3.8) is 0 Å². The molecular weight excluding hydrogens is 186 g/mol. The second-order valence-corrected chi connectivity index (χ2v) is 4.00. The van der Waals surface area contributed by atoms with Gasteiger partial charge < -0.3 is 10.4 Å². The van der Waals surface area contributed by atoms with E-state index in [2.05, 4.69) is 43.4 Å². The van der Waals surface area contributed by atoms with Crippen LogP contribution in [0.25, 0.3) is 0 Å². The van der Waals surface area contributed by atoms with E-state index in [1.165, 1.54) is 5.56 Å². The Morgan fingerprint density at radius 1 is 1.20 bits per heavy atom. The topological polar surface area (TPSA) is 32.3 Å². The van der Waals surface area contributed by atoms with Crippen molar-refractivity contribution in [2.24, 2.45) is 0 Å². The molecule has 0 aromatic heterocycles. The minimum absolute atomic E-state index is 0.0518. The Hall–Kier alpha value is -0.860. The van der Waals surface area contributed by atoms with Gasteiger partial charge in [-0.05, 0) is 30.5 Å². The lowest BCUT2D eigenvalue weighted by Gasteiger charge is -2.15. The van der Waals surface area contributed by atoms with Gasteiger partial charge in [0.25, 0.3) is 0 Å². The van der Waals surface area contributed by atoms with E-state index in [4.69, 9.17) is 5.11 Å². The smallest absolute Gasteiger partial charge is 0.0626 e. The molecule has 0 bridgehead atoms. The van der Waals surface area contributed by atoms with Crippen LogP contribution in [0.15, 0.2) is 24.3 Å². The van der Waals surface area contributed by atoms with Crippen LogP contribution in [0.2, 0.25) is 0 Å². The van der Waals surface area contributed by atoms with Crippen LogP contribution in [-0.2, 0) is 0 Å². The fraction of sp³-hybridized carbons (Fsp3) is 0.538. The number of hydrogen-bond donors (Lipinski definition) is 2. The van der Waals surface area contributed by atoms with Gasteiger partial charge in [0, 0.05) is 0 Å². The van der Waals surface area contributed by atoms with E-state index < -0.39 is 0 Å². The van der Waals surface area contributed by atoms with Crippen LogP contribution in [0.1, 0.15) is 43.4 Å². The minimum atomic E-state index is 0.0518. The van der Waals surface area contributed by atoms with Crippen molar-refractivity contribution >= 4 is 0 Å². The number of aliphatic hydroxyl groups is 1. The summed E-state index contributed by atoms with van der Waals surface area (Å²) in [5, 5.41) is 12.2. The van der Waals surface area contributed by atoms with Gasteiger partial charge in [0.2, 0.25) is 0 Å². The zero-order valence-electron chi connectivity index (χ0n) is 9.83. The number of likely N-dealkylation sites (N-methyl/N-ethyl adjacent to an activating group) is 1. The molecule has 1 rings (SSSR count). The highest BCUT2D eigenvalue weighted by Crippen LogP contribution is 2.20. The summed E-state index contributed by atoms with van der Waals surface area (Å²) in [6, 6.07) is 8.56. The van der Waals surface area contributed by atoms with Gasteiger partial charge in [0.05, 0.1) is 12.6 Å². The molecule has 0 saturated carbocycles. The Kier molecular flexibility index (Phi) is 4.79. The van der Waals surface area contributed by atoms with Gasteiger partial charge in [-0.1, -0.05) is 38.1 Å². The van der Waals surface area contributed by atoms with Crippen LogP contribution in [0, 0.1) is 0 Å². The third-order valence-corrected chi connectivity index (χ3v) is 3.05. The van der Waals surface area contributed by atoms with Gasteiger partial charge in [0.15, 0.2) is 0 Å². The molecule has 2 N–H and O–H groups in total. The molecule has 84 valence electrons. The fourth-order valence-corrected chi connectivity index (χ4v) is 1.66. The third kappa shape index (κ3) is 3.05. The van der Waals surface area contributed by atoms with E-state index in [-0.39, 0.29) is 12.6 Å². The molecule has 1 aromatic rings. The first-order valence-corrected chi connectivity index (χ1v) is 5.60. The van der Waals surface area contributed by atoms with Gasteiger partial charge in [-0.3, -0.25) is 0 Å². The highest BCUT2D eigenvalue weighted by Gasteiger charge is 2.08. The second-order valence-electron chi connectivity index (χ2n) is 4.00. The molecule has 2 nitrogen and oxygen atoms in total. The maximum atomic E-state index is 9.14. The van der Waals surface area contributed by atoms with Gasteiger partial charge in [-0.15, -0.1) is 0 Å². The molecule has 0 aliphatic carbocycles. The van der Waals surface area contributed by atoms with Crippen molar-refractivity contribution in [3.05, 3.63) is 35.4 Å². The summed E-state index contributed by atoms with van der Waals surface area (Å²) in [7, 11) is 1.86. The Labute approximate surface area is 92.3 Å². The van der Waals surface area contributed by atoms with Crippen molar-refractivity contribution in [2.45, 2.75) is 32.2 Å². The van der Waals surface area contributed by atoms with Crippen molar-refractivity contribution in [1.29, 1.82) is 0 Å². The van der Waals surface area contributed by atoms with Crippen molar-refractivity contribution in [1.82, 2.24) is 5.32 Å². The molecule has 2 unspecified atom stereocenters. The number of hydrogen-bond acceptors (Lipinski definition) is 2. The maximum absolute atomic E-state index is 9.14. The van der Waals surface area contributed by atoms with E-state index in [1.807, 2.05) is 7.05 Å². The predicted molar refractivity (Wildman–Crippen MR) is 64.0 cm³/mol. The first-order valence-electron chi connectivity index (χ1n) is 5.60. The zero-order valence-corrected chi connectivity index (χ0v) is 9.83. The highest BCUT2D eigenvalue weighted by atomic mass is 16.3. The Morgan fingerprint density at radius 3 is 2.13 bits per heavy atom. The van der Waals surface area contributed by atoms with Crippen LogP contribution in [-0.4, -0.2) is 18.8 Å². The lowest BCUT2D eigenvalue weighted by atomic mass is 9.96. The Balaban J connectivity index is 2.79. The summed E-state index contributed by atoms with van der Waals surface area (Å²) in [4.78, 5) is 0. The van der Waals surface area contributed by atoms with E-state index in [9.17, 15) is 0 Å². The number of nitrogens with one attached hydrogen (secondary N) is 1. The van der Waals surface area contributed by atoms with Crippen molar-refractivity contribution < 1.29 is 5.11 Å². The lowest BCUT2D eigenvalue weighted by Crippen LogP contribution is -2.19. The summed E-state index contributed by atoms with van der Waals surface area (Å²) in [6.07, 6.45) is 1.16. The lowest BCUT2D eigenvalue weighted by molar-refractivity contribution is 0.251. The molecular formula is C13H21NO. The van der Waals surface area contributed by atoms with Crippen LogP contribution in [0.5, 0.6) is 0 Å². The average Bonchev–Trinajstić information content (AvgIpc) is 2.30. The first kappa shape index (κ1) is 12.2. The molecule has 0 fully saturated rings. The van der Waals surface area contributed by atoms with Crippen molar-refractivity contribution in [3.8, 4) is 0 Å². The highest BCUT2D eigenvalue weighted by molar-refractivity contribution is 5.27. The van der Waals surface area contributed by atoms with Crippen LogP contribution in [0.4, 0.5) is 0 Å². The first-order chi connectivity index (χ1) is 7.22. The summed E-state index contributed by atoms with van der Waals surface area (Å²) in [6.45, 7) is 4.57. The molecule has 0 amide bonds. The van der Waals surface area contributed by atoms with E-state index in [1.54, 1.807) is 0 Å². The van der Waals surface area contributed by atoms with E-state index >= 15 is 0 Å². The largest absolute Gasteiger partial charge is 0.394 e. The van der Waals surface area contributed by atoms with Crippen LogP contribution < -0.4 is 5.32 Å². The van der Waals surface area contributed by atoms with Crippen molar-refractivity contribution in [2.75, 3.05) is 13.7 Å². The van der Waals surface area contributed by atoms with Gasteiger partial charge in [0.1, 0.15) is 0 Å². The molecule has 0 spiro atoms. The second kappa shape index (κ2) is 5.89. The molecule has 0 saturated heterocycles. The normalized spacial score (nSPS) is 14.9. The molecule has 15 heavy (non-hydrogen) atoms. The molecule has 1 aromatic carbocycles. The third-order valence-electron chi connectivity index (χ3n) is 3.05. The van der Waals surface area contributed by atoms with Gasteiger partial charge in [-0.2, -0.15) is 0 Å². The predicted octanol–water partition coefficient (Wildman–Crippen LogP) is 2.45. The maximum Gasteiger partial charge on any atom is 0.0626 e. The number of aliphatic hydroxyl groups excluding tert-OH is 1. The summed E-state index contributed by atoms with van der Waals surface area (Å²) in [5.74, 6) is 0.612. The molecule has 2 heteroatoms. The van der Waals surface area contributed by atoms with Gasteiger partial charge >= 0.3 is 0 Å².